The van der Waals surface area contributed by atoms with Crippen molar-refractivity contribution in [1.82, 2.24) is 0 Å². The summed E-state index contributed by atoms with van der Waals surface area (Å²) in [6, 6.07) is 6.05. The number of thiophene rings is 1. The van der Waals surface area contributed by atoms with Crippen LogP contribution in [0.25, 0.3) is 11.1 Å². The third-order valence-corrected chi connectivity index (χ3v) is 3.31. The van der Waals surface area contributed by atoms with Crippen LogP contribution in [-0.2, 0) is 4.74 Å². The molecule has 0 aliphatic rings. The lowest BCUT2D eigenvalue weighted by Gasteiger charge is -2.09. The SMILES string of the molecule is CC(C)OC(=O)c1c(-c2cccc(F)c2)csc1N. The number of hydrogen-bond acceptors (Lipinski definition) is 4. The normalized spacial score (nSPS) is 10.7. The minimum Gasteiger partial charge on any atom is -0.459 e. The topological polar surface area (TPSA) is 52.3 Å². The Labute approximate surface area is 114 Å². The molecule has 19 heavy (non-hydrogen) atoms. The van der Waals surface area contributed by atoms with Crippen LogP contribution < -0.4 is 5.73 Å². The molecule has 0 amide bonds. The molecule has 3 nitrogen and oxygen atoms in total. The highest BCUT2D eigenvalue weighted by atomic mass is 32.1. The van der Waals surface area contributed by atoms with Crippen LogP contribution in [-0.4, -0.2) is 12.1 Å². The summed E-state index contributed by atoms with van der Waals surface area (Å²) in [5, 5.41) is 2.12. The minimum absolute atomic E-state index is 0.229. The molecule has 2 N–H and O–H groups in total. The molecule has 1 heterocycles. The van der Waals surface area contributed by atoms with Crippen molar-refractivity contribution in [2.24, 2.45) is 0 Å². The van der Waals surface area contributed by atoms with Crippen LogP contribution >= 0.6 is 11.3 Å². The molecule has 0 aliphatic heterocycles. The number of carbonyl (C=O) groups is 1. The Hall–Kier alpha value is -1.88. The fourth-order valence-electron chi connectivity index (χ4n) is 1.72. The van der Waals surface area contributed by atoms with E-state index in [4.69, 9.17) is 10.5 Å². The van der Waals surface area contributed by atoms with Gasteiger partial charge in [-0.25, -0.2) is 9.18 Å². The summed E-state index contributed by atoms with van der Waals surface area (Å²) in [6.07, 6.45) is -0.229. The van der Waals surface area contributed by atoms with Crippen molar-refractivity contribution in [2.45, 2.75) is 20.0 Å². The molecular weight excluding hydrogens is 265 g/mol. The quantitative estimate of drug-likeness (QED) is 0.871. The smallest absolute Gasteiger partial charge is 0.342 e. The molecule has 0 aliphatic carbocycles. The van der Waals surface area contributed by atoms with Crippen molar-refractivity contribution < 1.29 is 13.9 Å². The van der Waals surface area contributed by atoms with Crippen molar-refractivity contribution in [3.8, 4) is 11.1 Å². The summed E-state index contributed by atoms with van der Waals surface area (Å²) in [7, 11) is 0. The van der Waals surface area contributed by atoms with E-state index in [0.717, 1.165) is 0 Å². The molecule has 0 bridgehead atoms. The van der Waals surface area contributed by atoms with Gasteiger partial charge in [0.2, 0.25) is 0 Å². The average molecular weight is 279 g/mol. The lowest BCUT2D eigenvalue weighted by atomic mass is 10.0. The summed E-state index contributed by atoms with van der Waals surface area (Å²) < 4.78 is 18.4. The first-order valence-electron chi connectivity index (χ1n) is 5.83. The Bertz CT molecular complexity index is 607. The zero-order chi connectivity index (χ0) is 14.0. The summed E-state index contributed by atoms with van der Waals surface area (Å²) in [6.45, 7) is 3.53. The van der Waals surface area contributed by atoms with Crippen molar-refractivity contribution >= 4 is 22.3 Å². The van der Waals surface area contributed by atoms with Crippen LogP contribution in [0.4, 0.5) is 9.39 Å². The maximum atomic E-state index is 13.3. The van der Waals surface area contributed by atoms with E-state index in [-0.39, 0.29) is 11.9 Å². The van der Waals surface area contributed by atoms with Gasteiger partial charge in [-0.1, -0.05) is 12.1 Å². The molecule has 0 fully saturated rings. The van der Waals surface area contributed by atoms with Crippen LogP contribution in [0.3, 0.4) is 0 Å². The first kappa shape index (κ1) is 13.5. The Morgan fingerprint density at radius 3 is 2.79 bits per heavy atom. The monoisotopic (exact) mass is 279 g/mol. The standard InChI is InChI=1S/C14H14FNO2S/c1-8(2)18-14(17)12-11(7-19-13(12)16)9-4-3-5-10(15)6-9/h3-8H,16H2,1-2H3. The Morgan fingerprint density at radius 2 is 2.16 bits per heavy atom. The third-order valence-electron chi connectivity index (χ3n) is 2.50. The molecule has 0 unspecified atom stereocenters. The molecule has 0 atom stereocenters. The van der Waals surface area contributed by atoms with E-state index < -0.39 is 5.97 Å². The Kier molecular flexibility index (Phi) is 3.85. The number of esters is 1. The fourth-order valence-corrected chi connectivity index (χ4v) is 2.53. The van der Waals surface area contributed by atoms with Crippen LogP contribution in [0, 0.1) is 5.82 Å². The number of halogens is 1. The van der Waals surface area contributed by atoms with Crippen molar-refractivity contribution in [1.29, 1.82) is 0 Å². The molecule has 0 spiro atoms. The van der Waals surface area contributed by atoms with Gasteiger partial charge in [0.15, 0.2) is 0 Å². The number of nitrogens with two attached hydrogens (primary N) is 1. The number of ether oxygens (including phenoxy) is 1. The molecule has 5 heteroatoms. The van der Waals surface area contributed by atoms with Gasteiger partial charge in [0, 0.05) is 10.9 Å². The zero-order valence-corrected chi connectivity index (χ0v) is 11.5. The average Bonchev–Trinajstić information content (AvgIpc) is 2.70. The molecule has 2 aromatic rings. The first-order valence-corrected chi connectivity index (χ1v) is 6.71. The minimum atomic E-state index is -0.479. The Balaban J connectivity index is 2.45. The highest BCUT2D eigenvalue weighted by Crippen LogP contribution is 2.34. The van der Waals surface area contributed by atoms with Crippen LogP contribution in [0.2, 0.25) is 0 Å². The predicted molar refractivity (Wildman–Crippen MR) is 74.7 cm³/mol. The maximum Gasteiger partial charge on any atom is 0.342 e. The second kappa shape index (κ2) is 5.40. The van der Waals surface area contributed by atoms with Crippen molar-refractivity contribution in [3.63, 3.8) is 0 Å². The van der Waals surface area contributed by atoms with Gasteiger partial charge >= 0.3 is 5.97 Å². The number of nitrogen functional groups attached to an aromatic ring is 1. The molecule has 0 saturated carbocycles. The molecule has 1 aromatic heterocycles. The van der Waals surface area contributed by atoms with E-state index in [9.17, 15) is 9.18 Å². The van der Waals surface area contributed by atoms with Gasteiger partial charge in [0.25, 0.3) is 0 Å². The van der Waals surface area contributed by atoms with E-state index in [2.05, 4.69) is 0 Å². The molecule has 100 valence electrons. The summed E-state index contributed by atoms with van der Waals surface area (Å²) in [5.74, 6) is -0.835. The van der Waals surface area contributed by atoms with Crippen molar-refractivity contribution in [3.05, 3.63) is 41.0 Å². The van der Waals surface area contributed by atoms with Gasteiger partial charge in [0.1, 0.15) is 16.4 Å². The lowest BCUT2D eigenvalue weighted by molar-refractivity contribution is 0.0380. The lowest BCUT2D eigenvalue weighted by Crippen LogP contribution is -2.13. The molecule has 0 radical (unpaired) electrons. The van der Waals surface area contributed by atoms with E-state index >= 15 is 0 Å². The Morgan fingerprint density at radius 1 is 1.42 bits per heavy atom. The zero-order valence-electron chi connectivity index (χ0n) is 10.6. The molecular formula is C14H14FNO2S. The highest BCUT2D eigenvalue weighted by Gasteiger charge is 2.21. The van der Waals surface area contributed by atoms with Gasteiger partial charge in [-0.15, -0.1) is 11.3 Å². The molecule has 1 aromatic carbocycles. The van der Waals surface area contributed by atoms with E-state index in [1.807, 2.05) is 0 Å². The van der Waals surface area contributed by atoms with Crippen molar-refractivity contribution in [2.75, 3.05) is 5.73 Å². The number of hydrogen-bond donors (Lipinski definition) is 1. The second-order valence-corrected chi connectivity index (χ2v) is 5.26. The van der Waals surface area contributed by atoms with Gasteiger partial charge in [0.05, 0.1) is 6.10 Å². The highest BCUT2D eigenvalue weighted by molar-refractivity contribution is 7.14. The summed E-state index contributed by atoms with van der Waals surface area (Å²) >= 11 is 1.24. The predicted octanol–water partition coefficient (Wildman–Crippen LogP) is 3.70. The number of benzene rings is 1. The van der Waals surface area contributed by atoms with E-state index in [0.29, 0.717) is 21.7 Å². The van der Waals surface area contributed by atoms with Gasteiger partial charge in [-0.05, 0) is 31.5 Å². The number of carbonyl (C=O) groups excluding carboxylic acids is 1. The van der Waals surface area contributed by atoms with Crippen LogP contribution in [0.15, 0.2) is 29.6 Å². The van der Waals surface area contributed by atoms with Gasteiger partial charge in [-0.3, -0.25) is 0 Å². The van der Waals surface area contributed by atoms with Gasteiger partial charge < -0.3 is 10.5 Å². The van der Waals surface area contributed by atoms with E-state index in [1.54, 1.807) is 31.4 Å². The number of anilines is 1. The van der Waals surface area contributed by atoms with Crippen LogP contribution in [0.1, 0.15) is 24.2 Å². The van der Waals surface area contributed by atoms with E-state index in [1.165, 1.54) is 23.5 Å². The van der Waals surface area contributed by atoms with Gasteiger partial charge in [-0.2, -0.15) is 0 Å². The maximum absolute atomic E-state index is 13.3. The molecule has 2 rings (SSSR count). The fraction of sp³-hybridized carbons (Fsp3) is 0.214. The summed E-state index contributed by atoms with van der Waals surface area (Å²) in [4.78, 5) is 12.0. The summed E-state index contributed by atoms with van der Waals surface area (Å²) in [5.41, 5.74) is 7.35. The third kappa shape index (κ3) is 2.93. The second-order valence-electron chi connectivity index (χ2n) is 4.35. The first-order chi connectivity index (χ1) is 8.99. The number of rotatable bonds is 3. The molecule has 0 saturated heterocycles. The van der Waals surface area contributed by atoms with Crippen LogP contribution in [0.5, 0.6) is 0 Å². The largest absolute Gasteiger partial charge is 0.459 e.